The van der Waals surface area contributed by atoms with Crippen molar-refractivity contribution in [3.05, 3.63) is 40.8 Å². The van der Waals surface area contributed by atoms with Crippen LogP contribution in [0.1, 0.15) is 19.2 Å². The van der Waals surface area contributed by atoms with Gasteiger partial charge in [0.1, 0.15) is 5.82 Å². The number of hydrogen-bond acceptors (Lipinski definition) is 3. The van der Waals surface area contributed by atoms with Crippen LogP contribution < -0.4 is 0 Å². The second kappa shape index (κ2) is 7.02. The van der Waals surface area contributed by atoms with Crippen LogP contribution in [-0.2, 0) is 6.54 Å². The summed E-state index contributed by atoms with van der Waals surface area (Å²) in [5, 5.41) is 9.29. The fraction of sp³-hybridized carbons (Fsp3) is 0.400. The van der Waals surface area contributed by atoms with Crippen molar-refractivity contribution in [2.45, 2.75) is 26.0 Å². The summed E-state index contributed by atoms with van der Waals surface area (Å²) in [4.78, 5) is 9.90. The molecule has 2 aromatic rings. The van der Waals surface area contributed by atoms with Crippen LogP contribution in [0.5, 0.6) is 0 Å². The number of aromatic amines is 1. The molecular formula is C15H20BrN3O. The average molecular weight is 338 g/mol. The molecule has 0 amide bonds. The topological polar surface area (TPSA) is 52.1 Å². The summed E-state index contributed by atoms with van der Waals surface area (Å²) in [5.74, 6) is 0.938. The molecule has 0 aliphatic rings. The zero-order valence-corrected chi connectivity index (χ0v) is 13.4. The Balaban J connectivity index is 1.99. The SMILES string of the molecule is CC(O)CCN(C)Cc1ncc(-c2cccc(Br)c2)[nH]1. The van der Waals surface area contributed by atoms with Crippen LogP contribution in [0.2, 0.25) is 0 Å². The number of aliphatic hydroxyl groups is 1. The lowest BCUT2D eigenvalue weighted by atomic mass is 10.2. The molecular weight excluding hydrogens is 318 g/mol. The molecule has 0 aliphatic heterocycles. The van der Waals surface area contributed by atoms with E-state index in [4.69, 9.17) is 0 Å². The van der Waals surface area contributed by atoms with E-state index in [1.54, 1.807) is 0 Å². The molecule has 5 heteroatoms. The molecule has 108 valence electrons. The van der Waals surface area contributed by atoms with Gasteiger partial charge in [-0.3, -0.25) is 4.90 Å². The molecule has 0 aliphatic carbocycles. The van der Waals surface area contributed by atoms with E-state index in [1.165, 1.54) is 0 Å². The quantitative estimate of drug-likeness (QED) is 0.851. The maximum Gasteiger partial charge on any atom is 0.120 e. The molecule has 4 nitrogen and oxygen atoms in total. The third kappa shape index (κ3) is 4.44. The summed E-state index contributed by atoms with van der Waals surface area (Å²) >= 11 is 3.47. The van der Waals surface area contributed by atoms with Crippen molar-refractivity contribution in [2.24, 2.45) is 0 Å². The first kappa shape index (κ1) is 15.2. The number of hydrogen-bond donors (Lipinski definition) is 2. The van der Waals surface area contributed by atoms with E-state index >= 15 is 0 Å². The van der Waals surface area contributed by atoms with Gasteiger partial charge >= 0.3 is 0 Å². The van der Waals surface area contributed by atoms with Crippen molar-refractivity contribution in [3.63, 3.8) is 0 Å². The normalized spacial score (nSPS) is 12.8. The van der Waals surface area contributed by atoms with Crippen LogP contribution in [0.25, 0.3) is 11.3 Å². The Kier molecular flexibility index (Phi) is 5.34. The molecule has 2 rings (SSSR count). The smallest absolute Gasteiger partial charge is 0.120 e. The summed E-state index contributed by atoms with van der Waals surface area (Å²) < 4.78 is 1.06. The van der Waals surface area contributed by atoms with Gasteiger partial charge in [0, 0.05) is 16.6 Å². The summed E-state index contributed by atoms with van der Waals surface area (Å²) in [7, 11) is 2.03. The Morgan fingerprint density at radius 3 is 2.95 bits per heavy atom. The van der Waals surface area contributed by atoms with Crippen LogP contribution in [0.4, 0.5) is 0 Å². The summed E-state index contributed by atoms with van der Waals surface area (Å²) in [6.07, 6.45) is 2.38. The predicted molar refractivity (Wildman–Crippen MR) is 84.4 cm³/mol. The predicted octanol–water partition coefficient (Wildman–Crippen LogP) is 3.04. The van der Waals surface area contributed by atoms with Crippen molar-refractivity contribution in [1.29, 1.82) is 0 Å². The first-order chi connectivity index (χ1) is 9.54. The van der Waals surface area contributed by atoms with Crippen LogP contribution in [0.15, 0.2) is 34.9 Å². The molecule has 1 atom stereocenters. The van der Waals surface area contributed by atoms with Crippen LogP contribution in [0.3, 0.4) is 0 Å². The highest BCUT2D eigenvalue weighted by atomic mass is 79.9. The molecule has 0 bridgehead atoms. The minimum Gasteiger partial charge on any atom is -0.393 e. The molecule has 2 N–H and O–H groups in total. The Bertz CT molecular complexity index is 554. The Morgan fingerprint density at radius 1 is 1.45 bits per heavy atom. The number of aromatic nitrogens is 2. The van der Waals surface area contributed by atoms with Crippen molar-refractivity contribution < 1.29 is 5.11 Å². The summed E-state index contributed by atoms with van der Waals surface area (Å²) in [6, 6.07) is 8.13. The Morgan fingerprint density at radius 2 is 2.25 bits per heavy atom. The molecule has 0 saturated carbocycles. The van der Waals surface area contributed by atoms with Gasteiger partial charge in [-0.15, -0.1) is 0 Å². The molecule has 1 unspecified atom stereocenters. The van der Waals surface area contributed by atoms with Crippen LogP contribution in [-0.4, -0.2) is 39.7 Å². The average Bonchev–Trinajstić information content (AvgIpc) is 2.85. The number of nitrogens with one attached hydrogen (secondary N) is 1. The van der Waals surface area contributed by atoms with E-state index in [-0.39, 0.29) is 6.10 Å². The maximum atomic E-state index is 9.29. The molecule has 0 spiro atoms. The van der Waals surface area contributed by atoms with Gasteiger partial charge in [0.2, 0.25) is 0 Å². The van der Waals surface area contributed by atoms with Gasteiger partial charge in [-0.25, -0.2) is 4.98 Å². The van der Waals surface area contributed by atoms with Crippen molar-refractivity contribution in [2.75, 3.05) is 13.6 Å². The molecule has 20 heavy (non-hydrogen) atoms. The van der Waals surface area contributed by atoms with Gasteiger partial charge < -0.3 is 10.1 Å². The minimum absolute atomic E-state index is 0.258. The lowest BCUT2D eigenvalue weighted by Gasteiger charge is -2.15. The molecule has 0 saturated heterocycles. The summed E-state index contributed by atoms with van der Waals surface area (Å²) in [6.45, 7) is 3.41. The summed E-state index contributed by atoms with van der Waals surface area (Å²) in [5.41, 5.74) is 2.13. The molecule has 1 aromatic heterocycles. The van der Waals surface area contributed by atoms with Gasteiger partial charge in [-0.1, -0.05) is 28.1 Å². The van der Waals surface area contributed by atoms with E-state index < -0.39 is 0 Å². The number of rotatable bonds is 6. The van der Waals surface area contributed by atoms with E-state index in [9.17, 15) is 5.11 Å². The third-order valence-electron chi connectivity index (χ3n) is 3.11. The highest BCUT2D eigenvalue weighted by molar-refractivity contribution is 9.10. The highest BCUT2D eigenvalue weighted by Crippen LogP contribution is 2.21. The highest BCUT2D eigenvalue weighted by Gasteiger charge is 2.07. The number of aliphatic hydroxyl groups excluding tert-OH is 1. The van der Waals surface area contributed by atoms with Crippen molar-refractivity contribution in [3.8, 4) is 11.3 Å². The van der Waals surface area contributed by atoms with Crippen LogP contribution in [0, 0.1) is 0 Å². The third-order valence-corrected chi connectivity index (χ3v) is 3.61. The van der Waals surface area contributed by atoms with Gasteiger partial charge in [0.25, 0.3) is 0 Å². The lowest BCUT2D eigenvalue weighted by Crippen LogP contribution is -2.22. The second-order valence-electron chi connectivity index (χ2n) is 5.13. The van der Waals surface area contributed by atoms with Gasteiger partial charge in [-0.05, 0) is 32.5 Å². The number of imidazole rings is 1. The van der Waals surface area contributed by atoms with E-state index in [1.807, 2.05) is 32.3 Å². The molecule has 1 heterocycles. The van der Waals surface area contributed by atoms with Gasteiger partial charge in [-0.2, -0.15) is 0 Å². The van der Waals surface area contributed by atoms with Crippen molar-refractivity contribution >= 4 is 15.9 Å². The van der Waals surface area contributed by atoms with Crippen molar-refractivity contribution in [1.82, 2.24) is 14.9 Å². The lowest BCUT2D eigenvalue weighted by molar-refractivity contribution is 0.162. The Hall–Kier alpha value is -1.17. The van der Waals surface area contributed by atoms with Gasteiger partial charge in [0.05, 0.1) is 24.5 Å². The largest absolute Gasteiger partial charge is 0.393 e. The standard InChI is InChI=1S/C15H20BrN3O/c1-11(20)6-7-19(2)10-15-17-9-14(18-15)12-4-3-5-13(16)8-12/h3-5,8-9,11,20H,6-7,10H2,1-2H3,(H,17,18). The number of H-pyrrole nitrogens is 1. The monoisotopic (exact) mass is 337 g/mol. The van der Waals surface area contributed by atoms with E-state index in [2.05, 4.69) is 42.9 Å². The number of benzene rings is 1. The molecule has 0 radical (unpaired) electrons. The number of halogens is 1. The van der Waals surface area contributed by atoms with E-state index in [0.717, 1.165) is 41.1 Å². The zero-order valence-electron chi connectivity index (χ0n) is 11.8. The second-order valence-corrected chi connectivity index (χ2v) is 6.05. The molecule has 1 aromatic carbocycles. The fourth-order valence-electron chi connectivity index (χ4n) is 1.99. The Labute approximate surface area is 128 Å². The molecule has 0 fully saturated rings. The maximum absolute atomic E-state index is 9.29. The first-order valence-corrected chi connectivity index (χ1v) is 7.50. The number of nitrogens with zero attached hydrogens (tertiary/aromatic N) is 2. The fourth-order valence-corrected chi connectivity index (χ4v) is 2.39. The first-order valence-electron chi connectivity index (χ1n) is 6.71. The zero-order chi connectivity index (χ0) is 14.5. The minimum atomic E-state index is -0.258. The van der Waals surface area contributed by atoms with Crippen LogP contribution >= 0.6 is 15.9 Å². The van der Waals surface area contributed by atoms with Gasteiger partial charge in [0.15, 0.2) is 0 Å². The van der Waals surface area contributed by atoms with E-state index in [0.29, 0.717) is 0 Å².